The van der Waals surface area contributed by atoms with Gasteiger partial charge in [-0.25, -0.2) is 4.99 Å². The minimum Gasteiger partial charge on any atom is -0.482 e. The van der Waals surface area contributed by atoms with Crippen LogP contribution in [0.15, 0.2) is 53.1 Å². The van der Waals surface area contributed by atoms with Crippen molar-refractivity contribution in [3.05, 3.63) is 52.9 Å². The molecular weight excluding hydrogens is 348 g/mol. The molecule has 1 aromatic carbocycles. The highest BCUT2D eigenvalue weighted by Crippen LogP contribution is 2.33. The molecule has 6 nitrogen and oxygen atoms in total. The zero-order chi connectivity index (χ0) is 18.1. The quantitative estimate of drug-likeness (QED) is 0.767. The SMILES string of the molecule is CC(C)n1c(-c2ccc3c(c2)NC(=O)CO3)csc1=Nc1cccnc1. The molecule has 0 fully saturated rings. The molecule has 132 valence electrons. The van der Waals surface area contributed by atoms with Gasteiger partial charge < -0.3 is 14.6 Å². The minimum absolute atomic E-state index is 0.0604. The van der Waals surface area contributed by atoms with Crippen molar-refractivity contribution in [2.75, 3.05) is 11.9 Å². The molecule has 26 heavy (non-hydrogen) atoms. The molecule has 1 aliphatic heterocycles. The van der Waals surface area contributed by atoms with Crippen LogP contribution in [0.3, 0.4) is 0 Å². The normalized spacial score (nSPS) is 14.1. The number of anilines is 1. The van der Waals surface area contributed by atoms with E-state index in [1.807, 2.05) is 30.3 Å². The van der Waals surface area contributed by atoms with Crippen molar-refractivity contribution in [2.45, 2.75) is 19.9 Å². The number of benzene rings is 1. The number of nitrogens with one attached hydrogen (secondary N) is 1. The Hall–Kier alpha value is -2.93. The molecule has 3 heterocycles. The Balaban J connectivity index is 1.82. The number of thiazole rings is 1. The molecule has 4 rings (SSSR count). The average molecular weight is 366 g/mol. The number of nitrogens with zero attached hydrogens (tertiary/aromatic N) is 3. The molecule has 0 atom stereocenters. The lowest BCUT2D eigenvalue weighted by molar-refractivity contribution is -0.118. The van der Waals surface area contributed by atoms with Crippen molar-refractivity contribution in [3.8, 4) is 17.0 Å². The predicted molar refractivity (Wildman–Crippen MR) is 102 cm³/mol. The maximum atomic E-state index is 11.6. The number of pyridine rings is 1. The summed E-state index contributed by atoms with van der Waals surface area (Å²) in [6, 6.07) is 9.88. The second kappa shape index (κ2) is 6.76. The van der Waals surface area contributed by atoms with Crippen LogP contribution in [0.4, 0.5) is 11.4 Å². The molecule has 0 unspecified atom stereocenters. The fourth-order valence-corrected chi connectivity index (χ4v) is 3.93. The van der Waals surface area contributed by atoms with E-state index in [1.165, 1.54) is 0 Å². The van der Waals surface area contributed by atoms with Gasteiger partial charge in [0.2, 0.25) is 0 Å². The van der Waals surface area contributed by atoms with Crippen LogP contribution in [0.25, 0.3) is 11.3 Å². The third-order valence-corrected chi connectivity index (χ3v) is 4.88. The Morgan fingerprint density at radius 1 is 1.35 bits per heavy atom. The average Bonchev–Trinajstić information content (AvgIpc) is 3.05. The van der Waals surface area contributed by atoms with E-state index in [-0.39, 0.29) is 18.6 Å². The first-order valence-corrected chi connectivity index (χ1v) is 9.21. The lowest BCUT2D eigenvalue weighted by Crippen LogP contribution is -2.25. The first-order chi connectivity index (χ1) is 12.6. The summed E-state index contributed by atoms with van der Waals surface area (Å²) in [5.41, 5.74) is 3.58. The molecule has 3 aromatic rings. The molecule has 0 spiro atoms. The van der Waals surface area contributed by atoms with Gasteiger partial charge >= 0.3 is 0 Å². The van der Waals surface area contributed by atoms with Crippen LogP contribution < -0.4 is 14.9 Å². The van der Waals surface area contributed by atoms with Crippen LogP contribution in [0.1, 0.15) is 19.9 Å². The summed E-state index contributed by atoms with van der Waals surface area (Å²) in [5.74, 6) is 0.559. The van der Waals surface area contributed by atoms with Crippen molar-refractivity contribution < 1.29 is 9.53 Å². The molecule has 1 amide bonds. The van der Waals surface area contributed by atoms with E-state index in [0.29, 0.717) is 11.4 Å². The van der Waals surface area contributed by atoms with E-state index < -0.39 is 0 Å². The van der Waals surface area contributed by atoms with Gasteiger partial charge in [-0.2, -0.15) is 0 Å². The second-order valence-corrected chi connectivity index (χ2v) is 7.07. The third-order valence-electron chi connectivity index (χ3n) is 4.04. The number of hydrogen-bond acceptors (Lipinski definition) is 5. The first kappa shape index (κ1) is 16.5. The van der Waals surface area contributed by atoms with E-state index in [4.69, 9.17) is 9.73 Å². The Bertz CT molecular complexity index is 1020. The molecule has 1 aliphatic rings. The monoisotopic (exact) mass is 366 g/mol. The first-order valence-electron chi connectivity index (χ1n) is 8.33. The Labute approximate surface area is 154 Å². The zero-order valence-corrected chi connectivity index (χ0v) is 15.3. The lowest BCUT2D eigenvalue weighted by Gasteiger charge is -2.19. The van der Waals surface area contributed by atoms with Gasteiger partial charge in [-0.1, -0.05) is 0 Å². The van der Waals surface area contributed by atoms with Gasteiger partial charge in [0.15, 0.2) is 11.4 Å². The van der Waals surface area contributed by atoms with E-state index in [0.717, 1.165) is 21.7 Å². The maximum absolute atomic E-state index is 11.6. The van der Waals surface area contributed by atoms with Crippen LogP contribution in [-0.4, -0.2) is 22.1 Å². The number of amides is 1. The molecule has 7 heteroatoms. The number of fused-ring (bicyclic) bond motifs is 1. The smallest absolute Gasteiger partial charge is 0.262 e. The molecule has 0 radical (unpaired) electrons. The number of carbonyl (C=O) groups is 1. The van der Waals surface area contributed by atoms with Gasteiger partial charge in [0.25, 0.3) is 5.91 Å². The second-order valence-electron chi connectivity index (χ2n) is 6.24. The summed E-state index contributed by atoms with van der Waals surface area (Å²) in [7, 11) is 0. The lowest BCUT2D eigenvalue weighted by atomic mass is 10.1. The van der Waals surface area contributed by atoms with E-state index in [9.17, 15) is 4.79 Å². The Morgan fingerprint density at radius 3 is 3.00 bits per heavy atom. The van der Waals surface area contributed by atoms with Gasteiger partial charge in [-0.3, -0.25) is 9.78 Å². The number of rotatable bonds is 3. The van der Waals surface area contributed by atoms with E-state index in [2.05, 4.69) is 34.1 Å². The van der Waals surface area contributed by atoms with Crippen molar-refractivity contribution in [1.82, 2.24) is 9.55 Å². The van der Waals surface area contributed by atoms with Crippen LogP contribution in [-0.2, 0) is 4.79 Å². The molecular formula is C19H18N4O2S. The van der Waals surface area contributed by atoms with Crippen molar-refractivity contribution in [1.29, 1.82) is 0 Å². The predicted octanol–water partition coefficient (Wildman–Crippen LogP) is 3.76. The van der Waals surface area contributed by atoms with Gasteiger partial charge in [0.05, 0.1) is 23.3 Å². The van der Waals surface area contributed by atoms with Crippen LogP contribution >= 0.6 is 11.3 Å². The summed E-state index contributed by atoms with van der Waals surface area (Å²) >= 11 is 1.58. The summed E-state index contributed by atoms with van der Waals surface area (Å²) in [5, 5.41) is 4.95. The molecule has 0 saturated carbocycles. The maximum Gasteiger partial charge on any atom is 0.262 e. The van der Waals surface area contributed by atoms with E-state index in [1.54, 1.807) is 23.7 Å². The highest BCUT2D eigenvalue weighted by atomic mass is 32.1. The summed E-state index contributed by atoms with van der Waals surface area (Å²) < 4.78 is 7.63. The third kappa shape index (κ3) is 3.13. The van der Waals surface area contributed by atoms with E-state index >= 15 is 0 Å². The molecule has 0 aliphatic carbocycles. The van der Waals surface area contributed by atoms with Gasteiger partial charge in [-0.15, -0.1) is 11.3 Å². The molecule has 1 N–H and O–H groups in total. The highest BCUT2D eigenvalue weighted by molar-refractivity contribution is 7.07. The summed E-state index contributed by atoms with van der Waals surface area (Å²) in [6.45, 7) is 4.31. The summed E-state index contributed by atoms with van der Waals surface area (Å²) in [6.07, 6.45) is 3.48. The molecule has 2 aromatic heterocycles. The largest absolute Gasteiger partial charge is 0.482 e. The number of aromatic nitrogens is 2. The van der Waals surface area contributed by atoms with Gasteiger partial charge in [0, 0.05) is 23.2 Å². The van der Waals surface area contributed by atoms with Crippen molar-refractivity contribution >= 4 is 28.6 Å². The highest BCUT2D eigenvalue weighted by Gasteiger charge is 2.18. The zero-order valence-electron chi connectivity index (χ0n) is 14.5. The van der Waals surface area contributed by atoms with Crippen molar-refractivity contribution in [2.24, 2.45) is 4.99 Å². The van der Waals surface area contributed by atoms with Crippen molar-refractivity contribution in [3.63, 3.8) is 0 Å². The summed E-state index contributed by atoms with van der Waals surface area (Å²) in [4.78, 5) is 21.4. The standard InChI is InChI=1S/C19H18N4O2S/c1-12(2)23-16(11-26-19(23)21-14-4-3-7-20-9-14)13-5-6-17-15(8-13)22-18(24)10-25-17/h3-9,11-12H,10H2,1-2H3,(H,22,24). The topological polar surface area (TPSA) is 68.5 Å². The van der Waals surface area contributed by atoms with Gasteiger partial charge in [0.1, 0.15) is 5.75 Å². The number of hydrogen-bond donors (Lipinski definition) is 1. The Morgan fingerprint density at radius 2 is 2.23 bits per heavy atom. The van der Waals surface area contributed by atoms with Crippen LogP contribution in [0.5, 0.6) is 5.75 Å². The fourth-order valence-electron chi connectivity index (χ4n) is 2.88. The minimum atomic E-state index is -0.135. The Kier molecular flexibility index (Phi) is 4.30. The van der Waals surface area contributed by atoms with Crippen LogP contribution in [0, 0.1) is 0 Å². The van der Waals surface area contributed by atoms with Gasteiger partial charge in [-0.05, 0) is 44.2 Å². The number of ether oxygens (including phenoxy) is 1. The van der Waals surface area contributed by atoms with Crippen LogP contribution in [0.2, 0.25) is 0 Å². The fraction of sp³-hybridized carbons (Fsp3) is 0.211. The molecule has 0 bridgehead atoms. The molecule has 0 saturated heterocycles. The number of carbonyl (C=O) groups excluding carboxylic acids is 1.